The molecule has 3 aromatic carbocycles. The number of anilines is 2. The molecular weight excluding hydrogens is 798 g/mol. The van der Waals surface area contributed by atoms with Gasteiger partial charge in [0.1, 0.15) is 24.0 Å². The molecule has 6 aliphatic rings. The number of piperazine rings is 1. The third-order valence-electron chi connectivity index (χ3n) is 13.9. The minimum Gasteiger partial charge on any atom is -0.489 e. The van der Waals surface area contributed by atoms with E-state index in [9.17, 15) is 34.0 Å². The Kier molecular flexibility index (Phi) is 9.89. The highest BCUT2D eigenvalue weighted by Crippen LogP contribution is 2.59. The second-order valence-corrected chi connectivity index (χ2v) is 18.7. The highest BCUT2D eigenvalue weighted by atomic mass is 35.5. The zero-order chi connectivity index (χ0) is 43.1. The molecule has 1 saturated carbocycles. The van der Waals surface area contributed by atoms with Gasteiger partial charge in [0.05, 0.1) is 21.7 Å². The van der Waals surface area contributed by atoms with Crippen molar-refractivity contribution in [1.29, 1.82) is 5.26 Å². The van der Waals surface area contributed by atoms with Gasteiger partial charge in [-0.05, 0) is 73.4 Å². The molecule has 14 nitrogen and oxygen atoms in total. The number of fused-ring (bicyclic) bond motifs is 2. The number of rotatable bonds is 7. The van der Waals surface area contributed by atoms with Gasteiger partial charge in [-0.1, -0.05) is 39.3 Å². The summed E-state index contributed by atoms with van der Waals surface area (Å²) in [5.74, 6) is -1.48. The topological polar surface area (TPSA) is 164 Å². The van der Waals surface area contributed by atoms with Gasteiger partial charge in [-0.15, -0.1) is 0 Å². The number of carbonyl (C=O) groups is 6. The van der Waals surface area contributed by atoms with Gasteiger partial charge < -0.3 is 24.3 Å². The fourth-order valence-electron chi connectivity index (χ4n) is 11.2. The normalized spacial score (nSPS) is 24.6. The van der Waals surface area contributed by atoms with Crippen molar-refractivity contribution in [2.24, 2.45) is 16.7 Å². The van der Waals surface area contributed by atoms with Gasteiger partial charge in [0.25, 0.3) is 17.7 Å². The Hall–Kier alpha value is -5.94. The van der Waals surface area contributed by atoms with Crippen LogP contribution in [0.15, 0.2) is 54.6 Å². The van der Waals surface area contributed by atoms with Gasteiger partial charge in [0, 0.05) is 98.0 Å². The van der Waals surface area contributed by atoms with E-state index in [1.165, 1.54) is 0 Å². The SMILES string of the molecule is CC1(C)[C@H](Oc2ccc(C#N)c(Cl)c2)C(C)(C)[C@H]1N1Cc2cc(N3CCN(C(=O)C4CCN(c5ccc6c(c5)C(=O)N(C5CCC(=O)NC5=O)C6=O)CC4)CC3)ccc2C1=O. The molecule has 4 fully saturated rings. The highest BCUT2D eigenvalue weighted by Gasteiger charge is 2.67. The summed E-state index contributed by atoms with van der Waals surface area (Å²) in [6, 6.07) is 17.3. The Balaban J connectivity index is 0.781. The Morgan fingerprint density at radius 2 is 1.41 bits per heavy atom. The smallest absolute Gasteiger partial charge is 0.262 e. The number of nitriles is 1. The van der Waals surface area contributed by atoms with E-state index in [1.807, 2.05) is 28.0 Å². The molecule has 3 saturated heterocycles. The summed E-state index contributed by atoms with van der Waals surface area (Å²) in [6.45, 7) is 12.8. The molecule has 1 unspecified atom stereocenters. The van der Waals surface area contributed by atoms with Crippen LogP contribution < -0.4 is 19.9 Å². The van der Waals surface area contributed by atoms with Crippen LogP contribution in [0.1, 0.15) is 95.6 Å². The van der Waals surface area contributed by atoms with Crippen molar-refractivity contribution in [1.82, 2.24) is 20.0 Å². The first-order valence-corrected chi connectivity index (χ1v) is 21.4. The Morgan fingerprint density at radius 3 is 2.07 bits per heavy atom. The highest BCUT2D eigenvalue weighted by molar-refractivity contribution is 6.31. The van der Waals surface area contributed by atoms with E-state index in [2.05, 4.69) is 54.9 Å². The number of amides is 6. The lowest BCUT2D eigenvalue weighted by Crippen LogP contribution is -2.74. The van der Waals surface area contributed by atoms with Gasteiger partial charge >= 0.3 is 0 Å². The van der Waals surface area contributed by atoms with Crippen LogP contribution >= 0.6 is 11.6 Å². The maximum absolute atomic E-state index is 13.9. The lowest BCUT2D eigenvalue weighted by Gasteiger charge is -2.65. The molecule has 316 valence electrons. The van der Waals surface area contributed by atoms with Crippen molar-refractivity contribution >= 4 is 58.4 Å². The van der Waals surface area contributed by atoms with E-state index in [1.54, 1.807) is 30.3 Å². The molecule has 0 bridgehead atoms. The molecule has 15 heteroatoms. The first-order valence-electron chi connectivity index (χ1n) is 21.0. The summed E-state index contributed by atoms with van der Waals surface area (Å²) in [5, 5.41) is 11.8. The van der Waals surface area contributed by atoms with Crippen LogP contribution in [-0.4, -0.2) is 108 Å². The average molecular weight is 846 g/mol. The second-order valence-electron chi connectivity index (χ2n) is 18.3. The van der Waals surface area contributed by atoms with Crippen LogP contribution in [0.4, 0.5) is 11.4 Å². The van der Waals surface area contributed by atoms with Crippen LogP contribution in [0.2, 0.25) is 5.02 Å². The number of ether oxygens (including phenoxy) is 1. The molecule has 61 heavy (non-hydrogen) atoms. The van der Waals surface area contributed by atoms with Crippen molar-refractivity contribution < 1.29 is 33.5 Å². The number of carbonyl (C=O) groups excluding carboxylic acids is 6. The molecule has 1 atom stereocenters. The fraction of sp³-hybridized carbons (Fsp3) is 0.457. The lowest BCUT2D eigenvalue weighted by atomic mass is 9.49. The number of hydrogen-bond donors (Lipinski definition) is 1. The first-order chi connectivity index (χ1) is 29.1. The van der Waals surface area contributed by atoms with E-state index >= 15 is 0 Å². The number of halogens is 1. The van der Waals surface area contributed by atoms with E-state index < -0.39 is 29.7 Å². The Labute approximate surface area is 359 Å². The maximum atomic E-state index is 13.9. The summed E-state index contributed by atoms with van der Waals surface area (Å²) in [4.78, 5) is 87.7. The summed E-state index contributed by atoms with van der Waals surface area (Å²) in [6.07, 6.45) is 1.29. The van der Waals surface area contributed by atoms with E-state index in [-0.39, 0.29) is 64.7 Å². The molecule has 0 radical (unpaired) electrons. The summed E-state index contributed by atoms with van der Waals surface area (Å²) in [7, 11) is 0. The summed E-state index contributed by atoms with van der Waals surface area (Å²) in [5.41, 5.74) is 3.68. The molecule has 1 aliphatic carbocycles. The van der Waals surface area contributed by atoms with Crippen LogP contribution in [0.3, 0.4) is 0 Å². The maximum Gasteiger partial charge on any atom is 0.262 e. The van der Waals surface area contributed by atoms with Gasteiger partial charge in [0.2, 0.25) is 17.7 Å². The van der Waals surface area contributed by atoms with Gasteiger partial charge in [-0.2, -0.15) is 5.26 Å². The van der Waals surface area contributed by atoms with Crippen LogP contribution in [0.5, 0.6) is 5.75 Å². The molecule has 6 amide bonds. The molecular formula is C46H48ClN7O7. The van der Waals surface area contributed by atoms with E-state index in [4.69, 9.17) is 16.3 Å². The third-order valence-corrected chi connectivity index (χ3v) is 14.2. The predicted octanol–water partition coefficient (Wildman–Crippen LogP) is 5.02. The van der Waals surface area contributed by atoms with Crippen molar-refractivity contribution in [3.63, 3.8) is 0 Å². The lowest BCUT2D eigenvalue weighted by molar-refractivity contribution is -0.199. The minimum atomic E-state index is -1.01. The molecule has 5 aliphatic heterocycles. The van der Waals surface area contributed by atoms with E-state index in [0.29, 0.717) is 80.6 Å². The number of hydrogen-bond acceptors (Lipinski definition) is 10. The quantitative estimate of drug-likeness (QED) is 0.320. The number of piperidine rings is 2. The van der Waals surface area contributed by atoms with Crippen molar-refractivity contribution in [2.45, 2.75) is 78.1 Å². The van der Waals surface area contributed by atoms with Crippen LogP contribution in [0.25, 0.3) is 0 Å². The third kappa shape index (κ3) is 6.68. The summed E-state index contributed by atoms with van der Waals surface area (Å²) < 4.78 is 6.49. The van der Waals surface area contributed by atoms with E-state index in [0.717, 1.165) is 21.8 Å². The minimum absolute atomic E-state index is 0.0187. The van der Waals surface area contributed by atoms with Crippen LogP contribution in [-0.2, 0) is 20.9 Å². The number of nitrogens with zero attached hydrogens (tertiary/aromatic N) is 6. The summed E-state index contributed by atoms with van der Waals surface area (Å²) >= 11 is 6.30. The van der Waals surface area contributed by atoms with Gasteiger partial charge in [-0.3, -0.25) is 39.0 Å². The van der Waals surface area contributed by atoms with Gasteiger partial charge in [-0.25, -0.2) is 0 Å². The molecule has 0 spiro atoms. The van der Waals surface area contributed by atoms with Crippen LogP contribution in [0, 0.1) is 28.1 Å². The standard InChI is InChI=1S/C46H48ClN7O7/c1-45(2)43(46(3,4)44(45)61-31-8-5-27(24-48)35(47)23-31)53-25-28-21-29(6-9-32(28)40(53)58)51-17-19-52(20-18-51)39(57)26-13-15-50(16-14-26)30-7-10-33-34(22-30)42(60)54(41(33)59)36-11-12-37(55)49-38(36)56/h5-10,21-23,26,36,43-44H,11-20,25H2,1-4H3,(H,49,55,56)/t36?,43-,44-. The number of imide groups is 2. The zero-order valence-corrected chi connectivity index (χ0v) is 35.5. The van der Waals surface area contributed by atoms with Gasteiger partial charge in [0.15, 0.2) is 0 Å². The number of benzene rings is 3. The first kappa shape index (κ1) is 40.5. The van der Waals surface area contributed by atoms with Crippen molar-refractivity contribution in [2.75, 3.05) is 49.1 Å². The zero-order valence-electron chi connectivity index (χ0n) is 34.7. The average Bonchev–Trinajstić information content (AvgIpc) is 3.69. The largest absolute Gasteiger partial charge is 0.489 e. The van der Waals surface area contributed by atoms with Crippen molar-refractivity contribution in [3.8, 4) is 11.8 Å². The molecule has 1 N–H and O–H groups in total. The molecule has 3 aromatic rings. The molecule has 0 aromatic heterocycles. The van der Waals surface area contributed by atoms with Crippen molar-refractivity contribution in [3.05, 3.63) is 87.4 Å². The molecule has 9 rings (SSSR count). The molecule has 5 heterocycles. The Bertz CT molecular complexity index is 2430. The Morgan fingerprint density at radius 1 is 0.770 bits per heavy atom. The fourth-order valence-corrected chi connectivity index (χ4v) is 11.4. The monoisotopic (exact) mass is 845 g/mol. The predicted molar refractivity (Wildman–Crippen MR) is 225 cm³/mol. The second kappa shape index (κ2) is 14.9. The number of nitrogens with one attached hydrogen (secondary N) is 1.